The Kier molecular flexibility index (Phi) is 4.46. The maximum absolute atomic E-state index is 5.16. The van der Waals surface area contributed by atoms with Crippen LogP contribution in [0, 0.1) is 0 Å². The molecule has 0 aliphatic rings. The summed E-state index contributed by atoms with van der Waals surface area (Å²) in [5, 5.41) is 7.18. The van der Waals surface area contributed by atoms with Crippen molar-refractivity contribution in [1.82, 2.24) is 20.4 Å². The van der Waals surface area contributed by atoms with Gasteiger partial charge in [-0.2, -0.15) is 4.98 Å². The van der Waals surface area contributed by atoms with Gasteiger partial charge in [0, 0.05) is 24.7 Å². The van der Waals surface area contributed by atoms with Gasteiger partial charge in [-0.05, 0) is 5.56 Å². The molecule has 0 fully saturated rings. The van der Waals surface area contributed by atoms with E-state index in [1.165, 1.54) is 0 Å². The molecule has 6 nitrogen and oxygen atoms in total. The van der Waals surface area contributed by atoms with Crippen LogP contribution in [0.25, 0.3) is 0 Å². The van der Waals surface area contributed by atoms with Gasteiger partial charge in [-0.15, -0.1) is 0 Å². The molecule has 0 bridgehead atoms. The summed E-state index contributed by atoms with van der Waals surface area (Å²) in [6, 6.07) is 4.14. The molecule has 0 amide bonds. The van der Waals surface area contributed by atoms with Crippen molar-refractivity contribution in [2.75, 3.05) is 7.11 Å². The molecule has 102 valence electrons. The highest BCUT2D eigenvalue weighted by Gasteiger charge is 2.07. The summed E-state index contributed by atoms with van der Waals surface area (Å²) < 4.78 is 10.2. The van der Waals surface area contributed by atoms with Crippen LogP contribution in [0.2, 0.25) is 0 Å². The summed E-state index contributed by atoms with van der Waals surface area (Å²) in [6.45, 7) is 4.73. The molecule has 0 saturated heterocycles. The Morgan fingerprint density at radius 3 is 2.84 bits per heavy atom. The van der Waals surface area contributed by atoms with E-state index in [1.54, 1.807) is 13.3 Å². The van der Waals surface area contributed by atoms with Crippen molar-refractivity contribution < 1.29 is 9.26 Å². The molecule has 2 aromatic heterocycles. The third-order valence-corrected chi connectivity index (χ3v) is 2.54. The van der Waals surface area contributed by atoms with Crippen molar-refractivity contribution in [1.29, 1.82) is 0 Å². The molecule has 0 aromatic carbocycles. The summed E-state index contributed by atoms with van der Waals surface area (Å²) in [7, 11) is 1.59. The van der Waals surface area contributed by atoms with Gasteiger partial charge in [0.05, 0.1) is 13.7 Å². The smallest absolute Gasteiger partial charge is 0.240 e. The van der Waals surface area contributed by atoms with Crippen LogP contribution in [0.3, 0.4) is 0 Å². The number of hydrogen-bond donors (Lipinski definition) is 1. The molecule has 6 heteroatoms. The van der Waals surface area contributed by atoms with Gasteiger partial charge in [0.25, 0.3) is 0 Å². The van der Waals surface area contributed by atoms with Gasteiger partial charge in [-0.3, -0.25) is 0 Å². The van der Waals surface area contributed by atoms with E-state index in [-0.39, 0.29) is 0 Å². The van der Waals surface area contributed by atoms with Crippen LogP contribution in [0.15, 0.2) is 22.9 Å². The van der Waals surface area contributed by atoms with E-state index >= 15 is 0 Å². The number of nitrogens with one attached hydrogen (secondary N) is 1. The maximum atomic E-state index is 5.16. The highest BCUT2D eigenvalue weighted by atomic mass is 16.5. The summed E-state index contributed by atoms with van der Waals surface area (Å²) in [4.78, 5) is 8.46. The van der Waals surface area contributed by atoms with Crippen molar-refractivity contribution in [3.63, 3.8) is 0 Å². The van der Waals surface area contributed by atoms with Crippen LogP contribution >= 0.6 is 0 Å². The quantitative estimate of drug-likeness (QED) is 0.851. The molecule has 2 rings (SSSR count). The SMILES string of the molecule is COc1ccc(Cc2noc(CNC(C)C)n2)cn1. The Morgan fingerprint density at radius 1 is 1.37 bits per heavy atom. The monoisotopic (exact) mass is 262 g/mol. The first kappa shape index (κ1) is 13.5. The second-order valence-corrected chi connectivity index (χ2v) is 4.53. The second kappa shape index (κ2) is 6.29. The fourth-order valence-electron chi connectivity index (χ4n) is 1.54. The largest absolute Gasteiger partial charge is 0.481 e. The first-order chi connectivity index (χ1) is 9.17. The minimum atomic E-state index is 0.390. The normalized spacial score (nSPS) is 10.9. The lowest BCUT2D eigenvalue weighted by molar-refractivity contribution is 0.358. The summed E-state index contributed by atoms with van der Waals surface area (Å²) in [5.41, 5.74) is 1.02. The number of pyridine rings is 1. The Hall–Kier alpha value is -1.95. The van der Waals surface area contributed by atoms with Crippen molar-refractivity contribution in [2.24, 2.45) is 0 Å². The average Bonchev–Trinajstić information content (AvgIpc) is 2.85. The van der Waals surface area contributed by atoms with E-state index < -0.39 is 0 Å². The Balaban J connectivity index is 1.95. The Labute approximate surface area is 112 Å². The summed E-state index contributed by atoms with van der Waals surface area (Å²) in [5.74, 6) is 1.86. The maximum Gasteiger partial charge on any atom is 0.240 e. The molecule has 0 spiro atoms. The van der Waals surface area contributed by atoms with E-state index in [0.717, 1.165) is 5.56 Å². The van der Waals surface area contributed by atoms with Crippen molar-refractivity contribution in [2.45, 2.75) is 32.9 Å². The van der Waals surface area contributed by atoms with Crippen LogP contribution < -0.4 is 10.1 Å². The lowest BCUT2D eigenvalue weighted by Crippen LogP contribution is -2.21. The van der Waals surface area contributed by atoms with E-state index in [0.29, 0.717) is 36.6 Å². The molecule has 0 saturated carbocycles. The molecule has 2 heterocycles. The average molecular weight is 262 g/mol. The number of rotatable bonds is 6. The van der Waals surface area contributed by atoms with Crippen molar-refractivity contribution in [3.8, 4) is 5.88 Å². The Bertz CT molecular complexity index is 508. The minimum Gasteiger partial charge on any atom is -0.481 e. The third kappa shape index (κ3) is 4.03. The molecular formula is C13H18N4O2. The Morgan fingerprint density at radius 2 is 2.21 bits per heavy atom. The van der Waals surface area contributed by atoms with Crippen molar-refractivity contribution in [3.05, 3.63) is 35.6 Å². The highest BCUT2D eigenvalue weighted by Crippen LogP contribution is 2.10. The summed E-state index contributed by atoms with van der Waals surface area (Å²) >= 11 is 0. The third-order valence-electron chi connectivity index (χ3n) is 2.54. The van der Waals surface area contributed by atoms with Gasteiger partial charge in [-0.25, -0.2) is 4.98 Å². The minimum absolute atomic E-state index is 0.390. The van der Waals surface area contributed by atoms with Gasteiger partial charge < -0.3 is 14.6 Å². The number of methoxy groups -OCH3 is 1. The van der Waals surface area contributed by atoms with Crippen LogP contribution in [0.1, 0.15) is 31.1 Å². The van der Waals surface area contributed by atoms with Crippen LogP contribution in [0.4, 0.5) is 0 Å². The van der Waals surface area contributed by atoms with Crippen molar-refractivity contribution >= 4 is 0 Å². The molecule has 0 aliphatic heterocycles. The predicted molar refractivity (Wildman–Crippen MR) is 69.9 cm³/mol. The van der Waals surface area contributed by atoms with Crippen LogP contribution in [0.5, 0.6) is 5.88 Å². The number of ether oxygens (including phenoxy) is 1. The predicted octanol–water partition coefficient (Wildman–Crippen LogP) is 1.56. The first-order valence-corrected chi connectivity index (χ1v) is 6.21. The fraction of sp³-hybridized carbons (Fsp3) is 0.462. The zero-order valence-electron chi connectivity index (χ0n) is 11.4. The lowest BCUT2D eigenvalue weighted by Gasteiger charge is -2.02. The molecule has 19 heavy (non-hydrogen) atoms. The van der Waals surface area contributed by atoms with E-state index in [9.17, 15) is 0 Å². The fourth-order valence-corrected chi connectivity index (χ4v) is 1.54. The highest BCUT2D eigenvalue weighted by molar-refractivity contribution is 5.20. The van der Waals surface area contributed by atoms with E-state index in [1.807, 2.05) is 12.1 Å². The van der Waals surface area contributed by atoms with E-state index in [2.05, 4.69) is 34.3 Å². The molecule has 1 N–H and O–H groups in total. The zero-order chi connectivity index (χ0) is 13.7. The van der Waals surface area contributed by atoms with Gasteiger partial charge >= 0.3 is 0 Å². The topological polar surface area (TPSA) is 73.1 Å². The number of aromatic nitrogens is 3. The zero-order valence-corrected chi connectivity index (χ0v) is 11.4. The number of hydrogen-bond acceptors (Lipinski definition) is 6. The van der Waals surface area contributed by atoms with E-state index in [4.69, 9.17) is 9.26 Å². The second-order valence-electron chi connectivity index (χ2n) is 4.53. The molecule has 0 aliphatic carbocycles. The molecular weight excluding hydrogens is 244 g/mol. The van der Waals surface area contributed by atoms with Gasteiger partial charge in [0.1, 0.15) is 0 Å². The number of nitrogens with zero attached hydrogens (tertiary/aromatic N) is 3. The molecule has 0 unspecified atom stereocenters. The van der Waals surface area contributed by atoms with Gasteiger partial charge in [0.2, 0.25) is 11.8 Å². The first-order valence-electron chi connectivity index (χ1n) is 6.21. The molecule has 0 radical (unpaired) electrons. The standard InChI is InChI=1S/C13H18N4O2/c1-9(2)14-8-13-16-11(17-19-13)6-10-4-5-12(18-3)15-7-10/h4-5,7,9,14H,6,8H2,1-3H3. The molecule has 0 atom stereocenters. The summed E-state index contributed by atoms with van der Waals surface area (Å²) in [6.07, 6.45) is 2.35. The lowest BCUT2D eigenvalue weighted by atomic mass is 10.2. The van der Waals surface area contributed by atoms with Gasteiger partial charge in [0.15, 0.2) is 5.82 Å². The molecule has 2 aromatic rings. The van der Waals surface area contributed by atoms with Crippen LogP contribution in [-0.4, -0.2) is 28.3 Å². The van der Waals surface area contributed by atoms with Gasteiger partial charge in [-0.1, -0.05) is 25.1 Å². The van der Waals surface area contributed by atoms with Crippen LogP contribution in [-0.2, 0) is 13.0 Å².